The normalized spacial score (nSPS) is 18.6. The van der Waals surface area contributed by atoms with Crippen LogP contribution in [-0.2, 0) is 0 Å². The number of aromatic nitrogens is 1. The number of hydrogen-bond donors (Lipinski definition) is 1. The first-order valence-corrected chi connectivity index (χ1v) is 6.82. The van der Waals surface area contributed by atoms with Crippen LogP contribution in [0.25, 0.3) is 0 Å². The number of hydrogen-bond acceptors (Lipinski definition) is 4. The highest BCUT2D eigenvalue weighted by Gasteiger charge is 2.09. The van der Waals surface area contributed by atoms with Gasteiger partial charge < -0.3 is 10.5 Å². The topological polar surface area (TPSA) is 51.4 Å². The van der Waals surface area contributed by atoms with E-state index in [1.165, 1.54) is 32.4 Å². The van der Waals surface area contributed by atoms with Crippen molar-refractivity contribution in [2.24, 2.45) is 5.73 Å². The van der Waals surface area contributed by atoms with Gasteiger partial charge in [-0.05, 0) is 44.5 Å². The number of likely N-dealkylation sites (tertiary alicyclic amines) is 1. The first-order valence-electron chi connectivity index (χ1n) is 6.82. The molecular weight excluding hydrogens is 226 g/mol. The van der Waals surface area contributed by atoms with E-state index in [1.807, 2.05) is 19.1 Å². The molecule has 0 saturated carbocycles. The zero-order valence-electron chi connectivity index (χ0n) is 11.1. The summed E-state index contributed by atoms with van der Waals surface area (Å²) < 4.78 is 5.69. The summed E-state index contributed by atoms with van der Waals surface area (Å²) in [6, 6.07) is 3.89. The van der Waals surface area contributed by atoms with Crippen LogP contribution in [0.4, 0.5) is 0 Å². The van der Waals surface area contributed by atoms with Gasteiger partial charge in [0.1, 0.15) is 6.61 Å². The zero-order chi connectivity index (χ0) is 12.8. The van der Waals surface area contributed by atoms with Crippen LogP contribution in [0.15, 0.2) is 18.3 Å². The smallest absolute Gasteiger partial charge is 0.213 e. The summed E-state index contributed by atoms with van der Waals surface area (Å²) >= 11 is 0. The first kappa shape index (κ1) is 13.3. The molecule has 0 unspecified atom stereocenters. The van der Waals surface area contributed by atoms with E-state index < -0.39 is 0 Å². The van der Waals surface area contributed by atoms with E-state index in [0.717, 1.165) is 12.1 Å². The molecule has 1 aliphatic heterocycles. The monoisotopic (exact) mass is 249 g/mol. The predicted octanol–water partition coefficient (Wildman–Crippen LogP) is 1.97. The maximum absolute atomic E-state index is 5.84. The fraction of sp³-hybridized carbons (Fsp3) is 0.643. The van der Waals surface area contributed by atoms with Crippen molar-refractivity contribution < 1.29 is 4.74 Å². The highest BCUT2D eigenvalue weighted by molar-refractivity contribution is 5.22. The van der Waals surface area contributed by atoms with Crippen LogP contribution in [0.1, 0.15) is 37.8 Å². The van der Waals surface area contributed by atoms with E-state index in [1.54, 1.807) is 6.20 Å². The predicted molar refractivity (Wildman–Crippen MR) is 72.6 cm³/mol. The van der Waals surface area contributed by atoms with Gasteiger partial charge in [0.2, 0.25) is 5.88 Å². The maximum Gasteiger partial charge on any atom is 0.213 e. The van der Waals surface area contributed by atoms with Crippen LogP contribution in [0.2, 0.25) is 0 Å². The Labute approximate surface area is 109 Å². The molecule has 0 radical (unpaired) electrons. The Morgan fingerprint density at radius 1 is 1.39 bits per heavy atom. The molecule has 1 aromatic heterocycles. The molecule has 4 nitrogen and oxygen atoms in total. The van der Waals surface area contributed by atoms with Crippen molar-refractivity contribution in [2.45, 2.75) is 32.2 Å². The number of pyridine rings is 1. The third kappa shape index (κ3) is 3.96. The molecule has 0 aliphatic carbocycles. The third-order valence-corrected chi connectivity index (χ3v) is 3.39. The van der Waals surface area contributed by atoms with Gasteiger partial charge in [0.05, 0.1) is 0 Å². The van der Waals surface area contributed by atoms with Gasteiger partial charge in [0.25, 0.3) is 0 Å². The summed E-state index contributed by atoms with van der Waals surface area (Å²) in [5.41, 5.74) is 6.90. The second kappa shape index (κ2) is 6.71. The van der Waals surface area contributed by atoms with Gasteiger partial charge in [-0.15, -0.1) is 0 Å². The Bertz CT molecular complexity index is 362. The summed E-state index contributed by atoms with van der Waals surface area (Å²) in [4.78, 5) is 6.67. The van der Waals surface area contributed by atoms with Crippen LogP contribution in [0.5, 0.6) is 5.88 Å². The molecule has 0 aromatic carbocycles. The average molecular weight is 249 g/mol. The number of ether oxygens (including phenoxy) is 1. The standard InChI is InChI=1S/C14H23N3O/c1-12(15)13-5-6-16-14(11-13)18-10-9-17-7-3-2-4-8-17/h5-6,11-12H,2-4,7-10,15H2,1H3/t12-/m1/s1. The van der Waals surface area contributed by atoms with Crippen molar-refractivity contribution in [1.29, 1.82) is 0 Å². The van der Waals surface area contributed by atoms with E-state index in [2.05, 4.69) is 9.88 Å². The molecule has 0 spiro atoms. The van der Waals surface area contributed by atoms with E-state index in [4.69, 9.17) is 10.5 Å². The number of piperidine rings is 1. The molecule has 1 fully saturated rings. The van der Waals surface area contributed by atoms with Crippen molar-refractivity contribution in [3.05, 3.63) is 23.9 Å². The second-order valence-corrected chi connectivity index (χ2v) is 4.97. The zero-order valence-corrected chi connectivity index (χ0v) is 11.1. The van der Waals surface area contributed by atoms with E-state index in [-0.39, 0.29) is 6.04 Å². The van der Waals surface area contributed by atoms with Gasteiger partial charge >= 0.3 is 0 Å². The molecule has 100 valence electrons. The van der Waals surface area contributed by atoms with Crippen molar-refractivity contribution in [1.82, 2.24) is 9.88 Å². The van der Waals surface area contributed by atoms with Gasteiger partial charge in [-0.25, -0.2) is 4.98 Å². The Hall–Kier alpha value is -1.13. The lowest BCUT2D eigenvalue weighted by atomic mass is 10.1. The highest BCUT2D eigenvalue weighted by atomic mass is 16.5. The molecule has 1 saturated heterocycles. The lowest BCUT2D eigenvalue weighted by molar-refractivity contribution is 0.180. The average Bonchev–Trinajstić information content (AvgIpc) is 2.40. The van der Waals surface area contributed by atoms with Crippen molar-refractivity contribution in [3.63, 3.8) is 0 Å². The second-order valence-electron chi connectivity index (χ2n) is 4.97. The van der Waals surface area contributed by atoms with Gasteiger partial charge in [-0.2, -0.15) is 0 Å². The fourth-order valence-corrected chi connectivity index (χ4v) is 2.25. The minimum Gasteiger partial charge on any atom is -0.476 e. The van der Waals surface area contributed by atoms with Gasteiger partial charge in [-0.3, -0.25) is 4.90 Å². The Kier molecular flexibility index (Phi) is 4.96. The molecule has 2 heterocycles. The first-order chi connectivity index (χ1) is 8.75. The molecule has 4 heteroatoms. The number of rotatable bonds is 5. The summed E-state index contributed by atoms with van der Waals surface area (Å²) in [6.07, 6.45) is 5.76. The van der Waals surface area contributed by atoms with Crippen LogP contribution >= 0.6 is 0 Å². The Morgan fingerprint density at radius 3 is 2.89 bits per heavy atom. The SMILES string of the molecule is C[C@@H](N)c1ccnc(OCCN2CCCCC2)c1. The molecule has 1 aromatic rings. The number of nitrogens with zero attached hydrogens (tertiary/aromatic N) is 2. The molecule has 18 heavy (non-hydrogen) atoms. The van der Waals surface area contributed by atoms with Crippen molar-refractivity contribution in [3.8, 4) is 5.88 Å². The minimum absolute atomic E-state index is 0.0254. The highest BCUT2D eigenvalue weighted by Crippen LogP contribution is 2.14. The minimum atomic E-state index is 0.0254. The lowest BCUT2D eigenvalue weighted by Gasteiger charge is -2.26. The van der Waals surface area contributed by atoms with Crippen LogP contribution in [0.3, 0.4) is 0 Å². The van der Waals surface area contributed by atoms with Gasteiger partial charge in [0, 0.05) is 24.8 Å². The van der Waals surface area contributed by atoms with Crippen molar-refractivity contribution in [2.75, 3.05) is 26.2 Å². The summed E-state index contributed by atoms with van der Waals surface area (Å²) in [5, 5.41) is 0. The Morgan fingerprint density at radius 2 is 2.17 bits per heavy atom. The molecule has 2 N–H and O–H groups in total. The molecule has 1 atom stereocenters. The van der Waals surface area contributed by atoms with Crippen LogP contribution < -0.4 is 10.5 Å². The lowest BCUT2D eigenvalue weighted by Crippen LogP contribution is -2.33. The fourth-order valence-electron chi connectivity index (χ4n) is 2.25. The molecule has 1 aliphatic rings. The van der Waals surface area contributed by atoms with Gasteiger partial charge in [0.15, 0.2) is 0 Å². The molecule has 0 amide bonds. The maximum atomic E-state index is 5.84. The molecule has 0 bridgehead atoms. The number of nitrogens with two attached hydrogens (primary N) is 1. The summed E-state index contributed by atoms with van der Waals surface area (Å²) in [5.74, 6) is 0.682. The van der Waals surface area contributed by atoms with E-state index in [9.17, 15) is 0 Å². The quantitative estimate of drug-likeness (QED) is 0.866. The summed E-state index contributed by atoms with van der Waals surface area (Å²) in [6.45, 7) is 6.07. The van der Waals surface area contributed by atoms with Crippen LogP contribution in [-0.4, -0.2) is 36.1 Å². The molecule has 2 rings (SSSR count). The summed E-state index contributed by atoms with van der Waals surface area (Å²) in [7, 11) is 0. The molecular formula is C14H23N3O. The van der Waals surface area contributed by atoms with Gasteiger partial charge in [-0.1, -0.05) is 6.42 Å². The van der Waals surface area contributed by atoms with Crippen LogP contribution in [0, 0.1) is 0 Å². The van der Waals surface area contributed by atoms with Crippen molar-refractivity contribution >= 4 is 0 Å². The Balaban J connectivity index is 1.77. The largest absolute Gasteiger partial charge is 0.476 e. The van der Waals surface area contributed by atoms with E-state index >= 15 is 0 Å². The third-order valence-electron chi connectivity index (χ3n) is 3.39. The van der Waals surface area contributed by atoms with E-state index in [0.29, 0.717) is 12.5 Å².